The molecule has 0 fully saturated rings. The molecule has 0 radical (unpaired) electrons. The second-order valence-electron chi connectivity index (χ2n) is 5.75. The summed E-state index contributed by atoms with van der Waals surface area (Å²) >= 11 is 1.08. The number of alkyl halides is 6. The van der Waals surface area contributed by atoms with Crippen molar-refractivity contribution in [3.8, 4) is 17.2 Å². The Bertz CT molecular complexity index is 1020. The number of aromatic amines is 1. The Hall–Kier alpha value is -2.83. The zero-order valence-corrected chi connectivity index (χ0v) is 15.9. The Morgan fingerprint density at radius 3 is 2.53 bits per heavy atom. The van der Waals surface area contributed by atoms with Crippen LogP contribution in [0.1, 0.15) is 5.69 Å². The Morgan fingerprint density at radius 2 is 1.87 bits per heavy atom. The third-order valence-electron chi connectivity index (χ3n) is 3.55. The van der Waals surface area contributed by atoms with Crippen molar-refractivity contribution in [2.45, 2.75) is 23.4 Å². The van der Waals surface area contributed by atoms with Crippen LogP contribution < -0.4 is 14.2 Å². The normalized spacial score (nSPS) is 12.2. The van der Waals surface area contributed by atoms with Crippen LogP contribution in [0.15, 0.2) is 35.6 Å². The summed E-state index contributed by atoms with van der Waals surface area (Å²) in [5.41, 5.74) is 0.871. The van der Waals surface area contributed by atoms with Gasteiger partial charge in [-0.05, 0) is 12.1 Å². The number of benzene rings is 1. The molecule has 0 unspecified atom stereocenters. The van der Waals surface area contributed by atoms with Crippen LogP contribution in [0.5, 0.6) is 17.2 Å². The zero-order chi connectivity index (χ0) is 21.9. The highest BCUT2D eigenvalue weighted by atomic mass is 32.2. The highest BCUT2D eigenvalue weighted by Crippen LogP contribution is 2.35. The van der Waals surface area contributed by atoms with Crippen LogP contribution >= 0.6 is 11.8 Å². The molecule has 3 aromatic rings. The van der Waals surface area contributed by atoms with Crippen molar-refractivity contribution < 1.29 is 40.6 Å². The van der Waals surface area contributed by atoms with Crippen LogP contribution in [0.25, 0.3) is 11.0 Å². The predicted molar refractivity (Wildman–Crippen MR) is 94.7 cm³/mol. The number of nitrogens with one attached hydrogen (secondary N) is 1. The monoisotopic (exact) mass is 453 g/mol. The molecule has 0 aliphatic heterocycles. The van der Waals surface area contributed by atoms with Gasteiger partial charge in [-0.1, -0.05) is 11.8 Å². The third kappa shape index (κ3) is 5.84. The summed E-state index contributed by atoms with van der Waals surface area (Å²) in [4.78, 5) is 11.1. The lowest BCUT2D eigenvalue weighted by Gasteiger charge is -2.15. The lowest BCUT2D eigenvalue weighted by Crippen LogP contribution is -2.20. The lowest BCUT2D eigenvalue weighted by atomic mass is 10.3. The number of fused-ring (bicyclic) bond motifs is 1. The van der Waals surface area contributed by atoms with Crippen molar-refractivity contribution in [1.82, 2.24) is 15.0 Å². The molecule has 3 rings (SSSR count). The smallest absolute Gasteiger partial charge is 0.493 e. The fraction of sp³-hybridized carbons (Fsp3) is 0.294. The minimum atomic E-state index is -4.82. The number of nitrogens with zero attached hydrogens (tertiary/aromatic N) is 2. The molecule has 2 heterocycles. The molecule has 30 heavy (non-hydrogen) atoms. The average molecular weight is 453 g/mol. The fourth-order valence-corrected chi connectivity index (χ4v) is 3.24. The molecule has 162 valence electrons. The number of aromatic nitrogens is 3. The zero-order valence-electron chi connectivity index (χ0n) is 15.1. The van der Waals surface area contributed by atoms with Gasteiger partial charge in [-0.2, -0.15) is 13.2 Å². The van der Waals surface area contributed by atoms with Crippen molar-refractivity contribution in [3.05, 3.63) is 36.2 Å². The van der Waals surface area contributed by atoms with E-state index in [1.807, 2.05) is 0 Å². The maximum Gasteiger partial charge on any atom is 0.573 e. The van der Waals surface area contributed by atoms with Gasteiger partial charge in [0.1, 0.15) is 5.75 Å². The van der Waals surface area contributed by atoms with Gasteiger partial charge in [-0.25, -0.2) is 4.98 Å². The third-order valence-corrected chi connectivity index (χ3v) is 4.44. The summed E-state index contributed by atoms with van der Waals surface area (Å²) in [6, 6.07) is 4.97. The molecule has 0 aliphatic rings. The number of methoxy groups -OCH3 is 1. The Balaban J connectivity index is 1.77. The number of rotatable bonds is 7. The standard InChI is InChI=1S/C17H13F6N3O3S/c1-27-13-4-5-24-12(14(13)28-8-16(18,19)20)7-30-15-25-10-3-2-9(6-11(10)26-15)29-17(21,22)23/h2-6H,7-8H2,1H3,(H,25,26). The summed E-state index contributed by atoms with van der Waals surface area (Å²) in [6.45, 7) is -1.51. The molecule has 1 aromatic carbocycles. The maximum absolute atomic E-state index is 12.5. The number of hydrogen-bond donors (Lipinski definition) is 1. The van der Waals surface area contributed by atoms with Gasteiger partial charge in [-0.3, -0.25) is 4.98 Å². The second kappa shape index (κ2) is 8.50. The minimum absolute atomic E-state index is 0.0656. The minimum Gasteiger partial charge on any atom is -0.493 e. The summed E-state index contributed by atoms with van der Waals surface area (Å²) in [5, 5.41) is 0.320. The second-order valence-corrected chi connectivity index (χ2v) is 6.71. The quantitative estimate of drug-likeness (QED) is 0.397. The molecule has 0 atom stereocenters. The first kappa shape index (κ1) is 21.9. The van der Waals surface area contributed by atoms with E-state index in [9.17, 15) is 26.3 Å². The van der Waals surface area contributed by atoms with E-state index in [0.29, 0.717) is 16.2 Å². The van der Waals surface area contributed by atoms with E-state index in [2.05, 4.69) is 19.7 Å². The van der Waals surface area contributed by atoms with Crippen molar-refractivity contribution >= 4 is 22.8 Å². The molecular weight excluding hydrogens is 440 g/mol. The summed E-state index contributed by atoms with van der Waals surface area (Å²) in [5.74, 6) is -0.409. The molecule has 1 N–H and O–H groups in total. The summed E-state index contributed by atoms with van der Waals surface area (Å²) < 4.78 is 88.3. The van der Waals surface area contributed by atoms with Gasteiger partial charge in [0.25, 0.3) is 0 Å². The average Bonchev–Trinajstić information content (AvgIpc) is 3.04. The van der Waals surface area contributed by atoms with Crippen molar-refractivity contribution in [2.24, 2.45) is 0 Å². The van der Waals surface area contributed by atoms with E-state index in [-0.39, 0.29) is 22.9 Å². The number of H-pyrrole nitrogens is 1. The lowest BCUT2D eigenvalue weighted by molar-refractivity contribution is -0.274. The first-order valence-corrected chi connectivity index (χ1v) is 9.12. The van der Waals surface area contributed by atoms with E-state index >= 15 is 0 Å². The van der Waals surface area contributed by atoms with Crippen LogP contribution in [0.2, 0.25) is 0 Å². The highest BCUT2D eigenvalue weighted by Gasteiger charge is 2.31. The van der Waals surface area contributed by atoms with Gasteiger partial charge in [0.15, 0.2) is 23.3 Å². The van der Waals surface area contributed by atoms with Gasteiger partial charge in [0.2, 0.25) is 0 Å². The summed E-state index contributed by atoms with van der Waals surface area (Å²) in [7, 11) is 1.28. The molecule has 0 saturated carbocycles. The van der Waals surface area contributed by atoms with Crippen LogP contribution in [0, 0.1) is 0 Å². The van der Waals surface area contributed by atoms with E-state index in [0.717, 1.165) is 23.9 Å². The first-order chi connectivity index (χ1) is 14.0. The molecule has 13 heteroatoms. The largest absolute Gasteiger partial charge is 0.573 e. The van der Waals surface area contributed by atoms with Crippen molar-refractivity contribution in [2.75, 3.05) is 13.7 Å². The van der Waals surface area contributed by atoms with Crippen molar-refractivity contribution in [1.29, 1.82) is 0 Å². The number of ether oxygens (including phenoxy) is 3. The van der Waals surface area contributed by atoms with E-state index in [1.54, 1.807) is 0 Å². The maximum atomic E-state index is 12.5. The highest BCUT2D eigenvalue weighted by molar-refractivity contribution is 7.98. The van der Waals surface area contributed by atoms with Crippen LogP contribution in [0.4, 0.5) is 26.3 Å². The molecule has 6 nitrogen and oxygen atoms in total. The Morgan fingerprint density at radius 1 is 1.10 bits per heavy atom. The number of thioether (sulfide) groups is 1. The molecule has 0 bridgehead atoms. The van der Waals surface area contributed by atoms with E-state index < -0.39 is 24.9 Å². The number of halogens is 6. The molecule has 2 aromatic heterocycles. The van der Waals surface area contributed by atoms with Gasteiger partial charge in [0.05, 0.1) is 23.8 Å². The number of hydrogen-bond acceptors (Lipinski definition) is 6. The van der Waals surface area contributed by atoms with Crippen molar-refractivity contribution in [3.63, 3.8) is 0 Å². The van der Waals surface area contributed by atoms with Crippen LogP contribution in [-0.4, -0.2) is 41.2 Å². The molecule has 0 spiro atoms. The van der Waals surface area contributed by atoms with Gasteiger partial charge in [0, 0.05) is 24.1 Å². The first-order valence-electron chi connectivity index (χ1n) is 8.14. The van der Waals surface area contributed by atoms with E-state index in [4.69, 9.17) is 9.47 Å². The number of imidazole rings is 1. The predicted octanol–water partition coefficient (Wildman–Crippen LogP) is 5.10. The molecule has 0 aliphatic carbocycles. The van der Waals surface area contributed by atoms with Gasteiger partial charge < -0.3 is 19.2 Å². The van der Waals surface area contributed by atoms with Crippen LogP contribution in [-0.2, 0) is 5.75 Å². The number of pyridine rings is 1. The topological polar surface area (TPSA) is 69.3 Å². The fourth-order valence-electron chi connectivity index (χ4n) is 2.41. The summed E-state index contributed by atoms with van der Waals surface area (Å²) in [6.07, 6.45) is -8.01. The van der Waals surface area contributed by atoms with Crippen LogP contribution in [0.3, 0.4) is 0 Å². The van der Waals surface area contributed by atoms with Gasteiger partial charge in [-0.15, -0.1) is 13.2 Å². The molecular formula is C17H13F6N3O3S. The molecule has 0 amide bonds. The Labute approximate surface area is 169 Å². The van der Waals surface area contributed by atoms with E-state index in [1.165, 1.54) is 25.4 Å². The Kier molecular flexibility index (Phi) is 6.19. The molecule has 0 saturated heterocycles. The van der Waals surface area contributed by atoms with Gasteiger partial charge >= 0.3 is 12.5 Å². The SMILES string of the molecule is COc1ccnc(CSc2nc3ccc(OC(F)(F)F)cc3[nH]2)c1OCC(F)(F)F.